The number of nitrogens with one attached hydrogen (secondary N) is 1. The molecular formula is C13H22N2O. The summed E-state index contributed by atoms with van der Waals surface area (Å²) in [6.45, 7) is 9.35. The van der Waals surface area contributed by atoms with Gasteiger partial charge in [-0.2, -0.15) is 0 Å². The molecule has 1 unspecified atom stereocenters. The lowest BCUT2D eigenvalue weighted by Crippen LogP contribution is -2.19. The van der Waals surface area contributed by atoms with Crippen molar-refractivity contribution in [3.8, 4) is 0 Å². The second-order valence-corrected chi connectivity index (χ2v) is 5.11. The molecule has 0 fully saturated rings. The molecule has 1 atom stereocenters. The van der Waals surface area contributed by atoms with E-state index in [-0.39, 0.29) is 11.5 Å². The Kier molecular flexibility index (Phi) is 4.30. The smallest absolute Gasteiger partial charge is 0.125 e. The van der Waals surface area contributed by atoms with Gasteiger partial charge in [0.25, 0.3) is 0 Å². The molecule has 0 bridgehead atoms. The minimum Gasteiger partial charge on any atom is -0.380 e. The molecule has 16 heavy (non-hydrogen) atoms. The van der Waals surface area contributed by atoms with Crippen LogP contribution in [0.1, 0.15) is 33.3 Å². The molecule has 0 saturated heterocycles. The lowest BCUT2D eigenvalue weighted by Gasteiger charge is -2.19. The van der Waals surface area contributed by atoms with Crippen molar-refractivity contribution in [1.29, 1.82) is 0 Å². The predicted molar refractivity (Wildman–Crippen MR) is 67.9 cm³/mol. The molecule has 0 aliphatic heterocycles. The molecule has 1 heterocycles. The molecule has 0 aromatic carbocycles. The van der Waals surface area contributed by atoms with Gasteiger partial charge < -0.3 is 10.1 Å². The number of hydrogen-bond acceptors (Lipinski definition) is 3. The lowest BCUT2D eigenvalue weighted by atomic mass is 9.88. The average Bonchev–Trinajstić information content (AvgIpc) is 2.25. The predicted octanol–water partition coefficient (Wildman–Crippen LogP) is 2.83. The largest absolute Gasteiger partial charge is 0.380 e. The number of methoxy groups -OCH3 is 1. The van der Waals surface area contributed by atoms with Crippen molar-refractivity contribution in [3.05, 3.63) is 23.9 Å². The maximum atomic E-state index is 5.16. The van der Waals surface area contributed by atoms with E-state index in [1.165, 1.54) is 5.56 Å². The highest BCUT2D eigenvalue weighted by atomic mass is 16.5. The Balaban J connectivity index is 2.58. The molecule has 0 radical (unpaired) electrons. The van der Waals surface area contributed by atoms with E-state index in [0.29, 0.717) is 0 Å². The van der Waals surface area contributed by atoms with Crippen LogP contribution in [0.15, 0.2) is 18.3 Å². The fourth-order valence-corrected chi connectivity index (χ4v) is 1.27. The number of ether oxygens (including phenoxy) is 1. The van der Waals surface area contributed by atoms with Gasteiger partial charge >= 0.3 is 0 Å². The number of pyridine rings is 1. The summed E-state index contributed by atoms with van der Waals surface area (Å²) in [5.41, 5.74) is 1.41. The standard InChI is InChI=1S/C13H22N2O/c1-10(16-5)8-14-12-7-6-11(9-15-12)13(2,3)4/h6-7,9-10H,8H2,1-5H3,(H,14,15). The first kappa shape index (κ1) is 13.0. The van der Waals surface area contributed by atoms with E-state index >= 15 is 0 Å². The molecule has 0 aliphatic rings. The summed E-state index contributed by atoms with van der Waals surface area (Å²) in [4.78, 5) is 4.38. The molecule has 0 spiro atoms. The van der Waals surface area contributed by atoms with Gasteiger partial charge in [-0.25, -0.2) is 4.98 Å². The Labute approximate surface area is 98.2 Å². The summed E-state index contributed by atoms with van der Waals surface area (Å²) in [6.07, 6.45) is 2.13. The molecule has 1 rings (SSSR count). The number of rotatable bonds is 4. The minimum absolute atomic E-state index is 0.158. The molecule has 90 valence electrons. The number of aromatic nitrogens is 1. The molecular weight excluding hydrogens is 200 g/mol. The Morgan fingerprint density at radius 1 is 1.38 bits per heavy atom. The first-order valence-corrected chi connectivity index (χ1v) is 5.66. The van der Waals surface area contributed by atoms with Gasteiger partial charge in [-0.1, -0.05) is 26.8 Å². The van der Waals surface area contributed by atoms with Gasteiger partial charge in [0.15, 0.2) is 0 Å². The molecule has 0 saturated carbocycles. The third-order valence-electron chi connectivity index (χ3n) is 2.60. The van der Waals surface area contributed by atoms with Gasteiger partial charge in [0, 0.05) is 19.9 Å². The summed E-state index contributed by atoms with van der Waals surface area (Å²) in [7, 11) is 1.71. The van der Waals surface area contributed by atoms with E-state index in [1.54, 1.807) is 7.11 Å². The number of hydrogen-bond donors (Lipinski definition) is 1. The summed E-state index contributed by atoms with van der Waals surface area (Å²) in [6, 6.07) is 4.13. The maximum Gasteiger partial charge on any atom is 0.125 e. The summed E-state index contributed by atoms with van der Waals surface area (Å²) in [5.74, 6) is 0.900. The van der Waals surface area contributed by atoms with Crippen LogP contribution in [0.2, 0.25) is 0 Å². The fourth-order valence-electron chi connectivity index (χ4n) is 1.27. The van der Waals surface area contributed by atoms with Crippen LogP contribution in [-0.4, -0.2) is 24.7 Å². The first-order chi connectivity index (χ1) is 7.43. The van der Waals surface area contributed by atoms with Gasteiger partial charge in [0.1, 0.15) is 5.82 Å². The molecule has 1 N–H and O–H groups in total. The SMILES string of the molecule is COC(C)CNc1ccc(C(C)(C)C)cn1. The number of nitrogens with zero attached hydrogens (tertiary/aromatic N) is 1. The van der Waals surface area contributed by atoms with Gasteiger partial charge in [-0.3, -0.25) is 0 Å². The number of anilines is 1. The summed E-state index contributed by atoms with van der Waals surface area (Å²) >= 11 is 0. The van der Waals surface area contributed by atoms with Crippen molar-refractivity contribution < 1.29 is 4.74 Å². The van der Waals surface area contributed by atoms with Crippen molar-refractivity contribution in [3.63, 3.8) is 0 Å². The van der Waals surface area contributed by atoms with Crippen LogP contribution in [0.25, 0.3) is 0 Å². The summed E-state index contributed by atoms with van der Waals surface area (Å²) < 4.78 is 5.16. The molecule has 3 nitrogen and oxygen atoms in total. The Morgan fingerprint density at radius 3 is 2.50 bits per heavy atom. The monoisotopic (exact) mass is 222 g/mol. The van der Waals surface area contributed by atoms with E-state index in [1.807, 2.05) is 19.2 Å². The van der Waals surface area contributed by atoms with E-state index in [2.05, 4.69) is 37.1 Å². The minimum atomic E-state index is 0.158. The molecule has 0 amide bonds. The van der Waals surface area contributed by atoms with Crippen LogP contribution in [0.5, 0.6) is 0 Å². The van der Waals surface area contributed by atoms with Gasteiger partial charge in [-0.05, 0) is 24.0 Å². The van der Waals surface area contributed by atoms with E-state index < -0.39 is 0 Å². The van der Waals surface area contributed by atoms with Crippen LogP contribution < -0.4 is 5.32 Å². The van der Waals surface area contributed by atoms with Gasteiger partial charge in [-0.15, -0.1) is 0 Å². The van der Waals surface area contributed by atoms with Crippen molar-refractivity contribution >= 4 is 5.82 Å². The highest BCUT2D eigenvalue weighted by molar-refractivity contribution is 5.37. The average molecular weight is 222 g/mol. The highest BCUT2D eigenvalue weighted by Crippen LogP contribution is 2.21. The molecule has 1 aromatic heterocycles. The van der Waals surface area contributed by atoms with Gasteiger partial charge in [0.05, 0.1) is 6.10 Å². The Hall–Kier alpha value is -1.09. The Bertz CT molecular complexity index is 314. The van der Waals surface area contributed by atoms with Gasteiger partial charge in [0.2, 0.25) is 0 Å². The van der Waals surface area contributed by atoms with Crippen molar-refractivity contribution in [2.24, 2.45) is 0 Å². The van der Waals surface area contributed by atoms with Crippen LogP contribution in [0, 0.1) is 0 Å². The van der Waals surface area contributed by atoms with E-state index in [0.717, 1.165) is 12.4 Å². The zero-order valence-corrected chi connectivity index (χ0v) is 10.9. The van der Waals surface area contributed by atoms with Crippen molar-refractivity contribution in [2.45, 2.75) is 39.2 Å². The van der Waals surface area contributed by atoms with E-state index in [9.17, 15) is 0 Å². The molecule has 0 aliphatic carbocycles. The van der Waals surface area contributed by atoms with Crippen molar-refractivity contribution in [2.75, 3.05) is 19.0 Å². The molecule has 1 aromatic rings. The third kappa shape index (κ3) is 3.81. The van der Waals surface area contributed by atoms with Crippen LogP contribution >= 0.6 is 0 Å². The second kappa shape index (κ2) is 5.30. The topological polar surface area (TPSA) is 34.1 Å². The maximum absolute atomic E-state index is 5.16. The normalized spacial score (nSPS) is 13.6. The van der Waals surface area contributed by atoms with Crippen LogP contribution in [0.3, 0.4) is 0 Å². The quantitative estimate of drug-likeness (QED) is 0.850. The fraction of sp³-hybridized carbons (Fsp3) is 0.615. The third-order valence-corrected chi connectivity index (χ3v) is 2.60. The van der Waals surface area contributed by atoms with Crippen LogP contribution in [-0.2, 0) is 10.2 Å². The first-order valence-electron chi connectivity index (χ1n) is 5.66. The summed E-state index contributed by atoms with van der Waals surface area (Å²) in [5, 5.41) is 3.24. The second-order valence-electron chi connectivity index (χ2n) is 5.11. The Morgan fingerprint density at radius 2 is 2.06 bits per heavy atom. The van der Waals surface area contributed by atoms with Crippen LogP contribution in [0.4, 0.5) is 5.82 Å². The molecule has 3 heteroatoms. The highest BCUT2D eigenvalue weighted by Gasteiger charge is 2.13. The zero-order chi connectivity index (χ0) is 12.2. The van der Waals surface area contributed by atoms with E-state index in [4.69, 9.17) is 4.74 Å². The zero-order valence-electron chi connectivity index (χ0n) is 10.9. The lowest BCUT2D eigenvalue weighted by molar-refractivity contribution is 0.128. The van der Waals surface area contributed by atoms with Crippen molar-refractivity contribution in [1.82, 2.24) is 4.98 Å².